The summed E-state index contributed by atoms with van der Waals surface area (Å²) >= 11 is 0. The highest BCUT2D eigenvalue weighted by atomic mass is 16.5. The summed E-state index contributed by atoms with van der Waals surface area (Å²) in [6.07, 6.45) is 5.17. The minimum absolute atomic E-state index is 0.182. The molecule has 1 amide bonds. The molecule has 1 aromatic carbocycles. The van der Waals surface area contributed by atoms with E-state index >= 15 is 0 Å². The van der Waals surface area contributed by atoms with Gasteiger partial charge in [-0.15, -0.1) is 0 Å². The Morgan fingerprint density at radius 3 is 2.72 bits per heavy atom. The van der Waals surface area contributed by atoms with Crippen molar-refractivity contribution >= 4 is 5.91 Å². The van der Waals surface area contributed by atoms with Gasteiger partial charge in [0.25, 0.3) is 5.91 Å². The summed E-state index contributed by atoms with van der Waals surface area (Å²) in [6.45, 7) is 4.31. The number of nitrogens with one attached hydrogen (secondary N) is 1. The van der Waals surface area contributed by atoms with Gasteiger partial charge in [-0.05, 0) is 63.3 Å². The zero-order valence-corrected chi connectivity index (χ0v) is 16.7. The molecule has 1 aromatic heterocycles. The third-order valence-corrected chi connectivity index (χ3v) is 6.15. The van der Waals surface area contributed by atoms with Crippen LogP contribution in [0.15, 0.2) is 34.7 Å². The number of hydrogen-bond donors (Lipinski definition) is 3. The van der Waals surface area contributed by atoms with Gasteiger partial charge in [-0.1, -0.05) is 30.3 Å². The number of piperidine rings is 1. The van der Waals surface area contributed by atoms with E-state index < -0.39 is 11.9 Å². The largest absolute Gasteiger partial charge is 0.479 e. The van der Waals surface area contributed by atoms with Crippen LogP contribution in [0.5, 0.6) is 5.95 Å². The first kappa shape index (κ1) is 19.9. The monoisotopic (exact) mass is 398 g/mol. The van der Waals surface area contributed by atoms with E-state index in [1.165, 1.54) is 24.8 Å². The summed E-state index contributed by atoms with van der Waals surface area (Å²) in [5, 5.41) is 13.3. The van der Waals surface area contributed by atoms with Crippen LogP contribution in [-0.4, -0.2) is 53.1 Å². The molecule has 2 heterocycles. The Balaban J connectivity index is 1.11. The van der Waals surface area contributed by atoms with Crippen molar-refractivity contribution in [2.24, 2.45) is 11.7 Å². The highest BCUT2D eigenvalue weighted by Crippen LogP contribution is 2.40. The van der Waals surface area contributed by atoms with Crippen LogP contribution in [0.4, 0.5) is 0 Å². The minimum Gasteiger partial charge on any atom is -0.479 e. The number of hydrogen-bond acceptors (Lipinski definition) is 6. The average molecular weight is 399 g/mol. The Morgan fingerprint density at radius 1 is 1.28 bits per heavy atom. The molecule has 2 unspecified atom stereocenters. The zero-order chi connectivity index (χ0) is 20.2. The van der Waals surface area contributed by atoms with Crippen molar-refractivity contribution in [1.29, 1.82) is 0 Å². The minimum atomic E-state index is -0.769. The third kappa shape index (κ3) is 5.16. The summed E-state index contributed by atoms with van der Waals surface area (Å²) in [5.41, 5.74) is 6.41. The van der Waals surface area contributed by atoms with E-state index in [9.17, 15) is 9.90 Å². The summed E-state index contributed by atoms with van der Waals surface area (Å²) < 4.78 is 5.10. The highest BCUT2D eigenvalue weighted by Gasteiger charge is 2.38. The topological polar surface area (TPSA) is 105 Å². The molecular formula is C22H30N4O3. The Morgan fingerprint density at radius 2 is 2.03 bits per heavy atom. The predicted octanol–water partition coefficient (Wildman–Crippen LogP) is 2.27. The van der Waals surface area contributed by atoms with Crippen molar-refractivity contribution in [1.82, 2.24) is 15.2 Å². The Labute approximate surface area is 171 Å². The number of aryl methyl sites for hydroxylation is 1. The molecule has 0 radical (unpaired) electrons. The van der Waals surface area contributed by atoms with Crippen LogP contribution in [-0.2, 0) is 6.42 Å². The fourth-order valence-electron chi connectivity index (χ4n) is 4.30. The van der Waals surface area contributed by atoms with E-state index in [4.69, 9.17) is 10.2 Å². The lowest BCUT2D eigenvalue weighted by Crippen LogP contribution is -2.38. The molecular weight excluding hydrogens is 368 g/mol. The SMILES string of the molecule is NC(=O)c1nc(CCCN2CCC(CNC3CC3c3ccccc3)CC2)oc1O. The van der Waals surface area contributed by atoms with Gasteiger partial charge in [0, 0.05) is 18.4 Å². The van der Waals surface area contributed by atoms with Gasteiger partial charge in [0.1, 0.15) is 0 Å². The molecule has 2 aromatic rings. The molecule has 2 aliphatic rings. The molecule has 1 saturated carbocycles. The van der Waals surface area contributed by atoms with Crippen LogP contribution >= 0.6 is 0 Å². The number of oxazole rings is 1. The molecule has 7 nitrogen and oxygen atoms in total. The van der Waals surface area contributed by atoms with Crippen LogP contribution < -0.4 is 11.1 Å². The molecule has 29 heavy (non-hydrogen) atoms. The molecule has 0 spiro atoms. The molecule has 1 aliphatic heterocycles. The molecule has 0 bridgehead atoms. The second kappa shape index (κ2) is 8.97. The number of likely N-dealkylation sites (tertiary alicyclic amines) is 1. The molecule has 156 valence electrons. The van der Waals surface area contributed by atoms with Crippen molar-refractivity contribution in [3.8, 4) is 5.95 Å². The van der Waals surface area contributed by atoms with Crippen LogP contribution in [0.1, 0.15) is 53.5 Å². The fourth-order valence-corrected chi connectivity index (χ4v) is 4.30. The van der Waals surface area contributed by atoms with E-state index in [-0.39, 0.29) is 5.69 Å². The van der Waals surface area contributed by atoms with Gasteiger partial charge in [-0.3, -0.25) is 4.79 Å². The smallest absolute Gasteiger partial charge is 0.316 e. The first-order chi connectivity index (χ1) is 14.1. The number of benzene rings is 1. The van der Waals surface area contributed by atoms with Crippen LogP contribution in [0.25, 0.3) is 0 Å². The average Bonchev–Trinajstić information content (AvgIpc) is 3.42. The number of nitrogens with zero attached hydrogens (tertiary/aromatic N) is 2. The second-order valence-electron chi connectivity index (χ2n) is 8.28. The normalized spacial score (nSPS) is 22.6. The first-order valence-corrected chi connectivity index (χ1v) is 10.6. The highest BCUT2D eigenvalue weighted by molar-refractivity contribution is 5.92. The second-order valence-corrected chi connectivity index (χ2v) is 8.28. The van der Waals surface area contributed by atoms with E-state index in [1.54, 1.807) is 0 Å². The molecule has 2 atom stereocenters. The third-order valence-electron chi connectivity index (χ3n) is 6.15. The van der Waals surface area contributed by atoms with Crippen LogP contribution in [0, 0.1) is 5.92 Å². The van der Waals surface area contributed by atoms with Crippen LogP contribution in [0.3, 0.4) is 0 Å². The molecule has 1 aliphatic carbocycles. The van der Waals surface area contributed by atoms with Crippen molar-refractivity contribution in [3.05, 3.63) is 47.5 Å². The zero-order valence-electron chi connectivity index (χ0n) is 16.7. The number of primary amides is 1. The molecule has 2 fully saturated rings. The Hall–Kier alpha value is -2.38. The number of aromatic nitrogens is 1. The van der Waals surface area contributed by atoms with Crippen molar-refractivity contribution in [3.63, 3.8) is 0 Å². The number of aromatic hydroxyl groups is 1. The van der Waals surface area contributed by atoms with E-state index in [0.717, 1.165) is 38.5 Å². The lowest BCUT2D eigenvalue weighted by molar-refractivity contribution is 0.0991. The maximum atomic E-state index is 11.1. The number of carbonyl (C=O) groups is 1. The van der Waals surface area contributed by atoms with E-state index in [2.05, 4.69) is 45.5 Å². The van der Waals surface area contributed by atoms with Gasteiger partial charge in [-0.2, -0.15) is 0 Å². The fraction of sp³-hybridized carbons (Fsp3) is 0.545. The Kier molecular flexibility index (Phi) is 6.16. The number of rotatable bonds is 9. The lowest BCUT2D eigenvalue weighted by Gasteiger charge is -2.32. The number of carbonyl (C=O) groups excluding carboxylic acids is 1. The summed E-state index contributed by atoms with van der Waals surface area (Å²) in [6, 6.07) is 11.5. The molecule has 1 saturated heterocycles. The number of amides is 1. The van der Waals surface area contributed by atoms with E-state index in [0.29, 0.717) is 24.3 Å². The van der Waals surface area contributed by atoms with Gasteiger partial charge in [0.15, 0.2) is 5.89 Å². The Bertz CT molecular complexity index is 815. The standard InChI is InChI=1S/C22H30N4O3/c23-21(27)20-22(28)29-19(25-20)7-4-10-26-11-8-15(9-12-26)14-24-18-13-17(18)16-5-2-1-3-6-16/h1-3,5-6,15,17-18,24,28H,4,7-14H2,(H2,23,27). The summed E-state index contributed by atoms with van der Waals surface area (Å²) in [5.74, 6) is 0.569. The lowest BCUT2D eigenvalue weighted by atomic mass is 9.96. The van der Waals surface area contributed by atoms with Crippen molar-refractivity contribution < 1.29 is 14.3 Å². The maximum Gasteiger partial charge on any atom is 0.316 e. The first-order valence-electron chi connectivity index (χ1n) is 10.6. The predicted molar refractivity (Wildman–Crippen MR) is 110 cm³/mol. The van der Waals surface area contributed by atoms with Gasteiger partial charge < -0.3 is 25.5 Å². The molecule has 7 heteroatoms. The summed E-state index contributed by atoms with van der Waals surface area (Å²) in [4.78, 5) is 17.5. The van der Waals surface area contributed by atoms with Gasteiger partial charge in [0.05, 0.1) is 0 Å². The summed E-state index contributed by atoms with van der Waals surface area (Å²) in [7, 11) is 0. The van der Waals surface area contributed by atoms with Gasteiger partial charge >= 0.3 is 5.95 Å². The maximum absolute atomic E-state index is 11.1. The number of nitrogens with two attached hydrogens (primary N) is 1. The van der Waals surface area contributed by atoms with Crippen molar-refractivity contribution in [2.45, 2.75) is 44.1 Å². The van der Waals surface area contributed by atoms with Crippen molar-refractivity contribution in [2.75, 3.05) is 26.2 Å². The van der Waals surface area contributed by atoms with Gasteiger partial charge in [-0.25, -0.2) is 4.98 Å². The van der Waals surface area contributed by atoms with Crippen LogP contribution in [0.2, 0.25) is 0 Å². The molecule has 4 N–H and O–H groups in total. The van der Waals surface area contributed by atoms with E-state index in [1.807, 2.05) is 0 Å². The molecule has 4 rings (SSSR count). The quantitative estimate of drug-likeness (QED) is 0.599. The van der Waals surface area contributed by atoms with Gasteiger partial charge in [0.2, 0.25) is 5.69 Å².